The molecule has 2 N–H and O–H groups in total. The van der Waals surface area contributed by atoms with Crippen molar-refractivity contribution in [3.63, 3.8) is 0 Å². The maximum atomic E-state index is 14.6. The molecule has 1 aliphatic carbocycles. The summed E-state index contributed by atoms with van der Waals surface area (Å²) in [5.41, 5.74) is 6.12. The maximum Gasteiger partial charge on any atom is 0.184 e. The van der Waals surface area contributed by atoms with E-state index >= 15 is 0 Å². The molecule has 0 spiro atoms. The molecule has 212 valence electrons. The summed E-state index contributed by atoms with van der Waals surface area (Å²) in [6.07, 6.45) is 9.73. The number of ether oxygens (including phenoxy) is 1. The Kier molecular flexibility index (Phi) is 7.15. The molecule has 0 radical (unpaired) electrons. The standard InChI is InChI=1S/C31H30FN9O/c32-25-6-2-1-4-21(25)20-41-26-7-3-5-24(26)27(39-41)29-37-30(35-22-8-12-33-13-9-22)28(40-16-18-42-19-17-40)31(38-29)36-23-10-14-34-15-11-23/h1-2,4,6,8-15H,3,5,7,16-20H2,(H2,33,34,35,36,37,38). The Labute approximate surface area is 242 Å². The highest BCUT2D eigenvalue weighted by atomic mass is 19.1. The zero-order valence-corrected chi connectivity index (χ0v) is 23.0. The van der Waals surface area contributed by atoms with Crippen LogP contribution in [0.5, 0.6) is 0 Å². The maximum absolute atomic E-state index is 14.6. The number of pyridine rings is 2. The second-order valence-corrected chi connectivity index (χ2v) is 10.3. The number of nitrogens with one attached hydrogen (secondary N) is 2. The van der Waals surface area contributed by atoms with Gasteiger partial charge in [0, 0.05) is 66.1 Å². The van der Waals surface area contributed by atoms with E-state index in [0.29, 0.717) is 55.9 Å². The fraction of sp³-hybridized carbons (Fsp3) is 0.258. The molecule has 7 rings (SSSR count). The molecular formula is C31H30FN9O. The Morgan fingerprint density at radius 3 is 2.10 bits per heavy atom. The predicted molar refractivity (Wildman–Crippen MR) is 159 cm³/mol. The molecule has 0 bridgehead atoms. The lowest BCUT2D eigenvalue weighted by Crippen LogP contribution is -2.37. The average Bonchev–Trinajstić information content (AvgIpc) is 3.64. The number of nitrogens with zero attached hydrogens (tertiary/aromatic N) is 7. The minimum Gasteiger partial charge on any atom is -0.378 e. The number of fused-ring (bicyclic) bond motifs is 1. The van der Waals surface area contributed by atoms with Crippen molar-refractivity contribution >= 4 is 28.7 Å². The third-order valence-electron chi connectivity index (χ3n) is 7.59. The van der Waals surface area contributed by atoms with Gasteiger partial charge in [-0.1, -0.05) is 18.2 Å². The largest absolute Gasteiger partial charge is 0.378 e. The van der Waals surface area contributed by atoms with Crippen molar-refractivity contribution in [2.45, 2.75) is 25.8 Å². The van der Waals surface area contributed by atoms with Crippen LogP contribution in [0.2, 0.25) is 0 Å². The van der Waals surface area contributed by atoms with Crippen molar-refractivity contribution in [3.05, 3.63) is 96.0 Å². The molecule has 0 atom stereocenters. The summed E-state index contributed by atoms with van der Waals surface area (Å²) >= 11 is 0. The van der Waals surface area contributed by atoms with Crippen LogP contribution in [0.3, 0.4) is 0 Å². The molecule has 0 saturated carbocycles. The van der Waals surface area contributed by atoms with Gasteiger partial charge in [0.15, 0.2) is 17.5 Å². The van der Waals surface area contributed by atoms with Crippen LogP contribution in [0.25, 0.3) is 11.5 Å². The highest BCUT2D eigenvalue weighted by Crippen LogP contribution is 2.39. The summed E-state index contributed by atoms with van der Waals surface area (Å²) in [5.74, 6) is 1.57. The molecule has 1 saturated heterocycles. The van der Waals surface area contributed by atoms with Crippen molar-refractivity contribution in [1.29, 1.82) is 0 Å². The van der Waals surface area contributed by atoms with Gasteiger partial charge < -0.3 is 20.3 Å². The first-order chi connectivity index (χ1) is 20.7. The zero-order chi connectivity index (χ0) is 28.3. The van der Waals surface area contributed by atoms with E-state index < -0.39 is 0 Å². The number of hydrogen-bond acceptors (Lipinski definition) is 9. The van der Waals surface area contributed by atoms with Crippen LogP contribution < -0.4 is 15.5 Å². The lowest BCUT2D eigenvalue weighted by atomic mass is 10.2. The molecule has 42 heavy (non-hydrogen) atoms. The second-order valence-electron chi connectivity index (χ2n) is 10.3. The van der Waals surface area contributed by atoms with Gasteiger partial charge in [-0.2, -0.15) is 5.10 Å². The Morgan fingerprint density at radius 2 is 1.45 bits per heavy atom. The molecule has 5 heterocycles. The molecule has 10 nitrogen and oxygen atoms in total. The zero-order valence-electron chi connectivity index (χ0n) is 23.0. The van der Waals surface area contributed by atoms with Crippen molar-refractivity contribution in [1.82, 2.24) is 29.7 Å². The summed E-state index contributed by atoms with van der Waals surface area (Å²) in [6, 6.07) is 14.5. The summed E-state index contributed by atoms with van der Waals surface area (Å²) in [4.78, 5) is 20.8. The van der Waals surface area contributed by atoms with Crippen molar-refractivity contribution in [3.8, 4) is 11.5 Å². The molecule has 5 aromatic rings. The number of anilines is 5. The van der Waals surface area contributed by atoms with Crippen LogP contribution in [-0.4, -0.2) is 56.0 Å². The first-order valence-electron chi connectivity index (χ1n) is 14.1. The fourth-order valence-corrected chi connectivity index (χ4v) is 5.57. The summed E-state index contributed by atoms with van der Waals surface area (Å²) in [7, 11) is 0. The van der Waals surface area contributed by atoms with E-state index in [1.54, 1.807) is 36.9 Å². The van der Waals surface area contributed by atoms with E-state index in [0.717, 1.165) is 53.3 Å². The van der Waals surface area contributed by atoms with Gasteiger partial charge in [0.2, 0.25) is 0 Å². The summed E-state index contributed by atoms with van der Waals surface area (Å²) in [5, 5.41) is 12.0. The van der Waals surface area contributed by atoms with Crippen LogP contribution >= 0.6 is 0 Å². The highest BCUT2D eigenvalue weighted by Gasteiger charge is 2.29. The predicted octanol–water partition coefficient (Wildman–Crippen LogP) is 5.13. The highest BCUT2D eigenvalue weighted by molar-refractivity contribution is 5.85. The number of halogens is 1. The molecule has 1 aliphatic heterocycles. The molecule has 0 unspecified atom stereocenters. The normalized spacial score (nSPS) is 14.5. The minimum atomic E-state index is -0.236. The molecule has 4 aromatic heterocycles. The first-order valence-corrected chi connectivity index (χ1v) is 14.1. The van der Waals surface area contributed by atoms with Crippen molar-refractivity contribution < 1.29 is 9.13 Å². The smallest absolute Gasteiger partial charge is 0.184 e. The van der Waals surface area contributed by atoms with Gasteiger partial charge in [-0.15, -0.1) is 0 Å². The summed E-state index contributed by atoms with van der Waals surface area (Å²) in [6.45, 7) is 2.97. The van der Waals surface area contributed by atoms with Gasteiger partial charge in [0.25, 0.3) is 0 Å². The third-order valence-corrected chi connectivity index (χ3v) is 7.59. The van der Waals surface area contributed by atoms with Crippen LogP contribution in [0.1, 0.15) is 23.2 Å². The van der Waals surface area contributed by atoms with Crippen molar-refractivity contribution in [2.24, 2.45) is 0 Å². The van der Waals surface area contributed by atoms with E-state index in [1.165, 1.54) is 6.07 Å². The van der Waals surface area contributed by atoms with Gasteiger partial charge in [0.05, 0.1) is 19.8 Å². The number of morpholine rings is 1. The van der Waals surface area contributed by atoms with Gasteiger partial charge in [0.1, 0.15) is 17.2 Å². The molecule has 0 amide bonds. The monoisotopic (exact) mass is 563 g/mol. The Hall–Kier alpha value is -4.90. The van der Waals surface area contributed by atoms with E-state index in [1.807, 2.05) is 35.0 Å². The quantitative estimate of drug-likeness (QED) is 0.266. The van der Waals surface area contributed by atoms with Crippen LogP contribution in [-0.2, 0) is 24.1 Å². The van der Waals surface area contributed by atoms with E-state index in [-0.39, 0.29) is 5.82 Å². The van der Waals surface area contributed by atoms with Gasteiger partial charge >= 0.3 is 0 Å². The lowest BCUT2D eigenvalue weighted by molar-refractivity contribution is 0.123. The third kappa shape index (κ3) is 5.26. The molecule has 11 heteroatoms. The van der Waals surface area contributed by atoms with Gasteiger partial charge in [-0.3, -0.25) is 14.6 Å². The average molecular weight is 564 g/mol. The minimum absolute atomic E-state index is 0.236. The Bertz CT molecular complexity index is 1630. The van der Waals surface area contributed by atoms with E-state index in [2.05, 4.69) is 25.5 Å². The number of hydrogen-bond donors (Lipinski definition) is 2. The molecule has 1 aromatic carbocycles. The SMILES string of the molecule is Fc1ccccc1Cn1nc(-c2nc(Nc3ccncc3)c(N3CCOCC3)c(Nc3ccncc3)n2)c2c1CCC2. The second kappa shape index (κ2) is 11.5. The van der Waals surface area contributed by atoms with Gasteiger partial charge in [-0.05, 0) is 49.6 Å². The first kappa shape index (κ1) is 26.0. The topological polar surface area (TPSA) is 106 Å². The lowest BCUT2D eigenvalue weighted by Gasteiger charge is -2.31. The van der Waals surface area contributed by atoms with Crippen molar-refractivity contribution in [2.75, 3.05) is 41.8 Å². The molecular weight excluding hydrogens is 533 g/mol. The number of aromatic nitrogens is 6. The Balaban J connectivity index is 1.38. The van der Waals surface area contributed by atoms with E-state index in [4.69, 9.17) is 19.8 Å². The summed E-state index contributed by atoms with van der Waals surface area (Å²) < 4.78 is 22.2. The number of benzene rings is 1. The van der Waals surface area contributed by atoms with Crippen LogP contribution in [0, 0.1) is 5.82 Å². The van der Waals surface area contributed by atoms with Crippen LogP contribution in [0.15, 0.2) is 73.3 Å². The fourth-order valence-electron chi connectivity index (χ4n) is 5.57. The number of rotatable bonds is 8. The molecule has 2 aliphatic rings. The van der Waals surface area contributed by atoms with E-state index in [9.17, 15) is 4.39 Å². The van der Waals surface area contributed by atoms with Gasteiger partial charge in [-0.25, -0.2) is 14.4 Å². The molecule has 1 fully saturated rings. The Morgan fingerprint density at radius 1 is 0.810 bits per heavy atom. The van der Waals surface area contributed by atoms with Crippen LogP contribution in [0.4, 0.5) is 33.1 Å².